The average molecular weight is 259 g/mol. The second kappa shape index (κ2) is 5.31. The molecule has 1 rings (SSSR count). The molecule has 94 valence electrons. The molecule has 1 aromatic heterocycles. The van der Waals surface area contributed by atoms with Crippen LogP contribution in [0, 0.1) is 5.41 Å². The molecule has 0 aliphatic rings. The molecular formula is C11H15ClN2O3. The Kier molecular flexibility index (Phi) is 4.28. The summed E-state index contributed by atoms with van der Waals surface area (Å²) < 4.78 is 6.25. The average Bonchev–Trinajstić information content (AvgIpc) is 2.64. The molecule has 17 heavy (non-hydrogen) atoms. The lowest BCUT2D eigenvalue weighted by molar-refractivity contribution is -0.158. The molecule has 0 saturated carbocycles. The Balaban J connectivity index is 2.72. The van der Waals surface area contributed by atoms with Crippen LogP contribution < -0.4 is 0 Å². The molecule has 0 aliphatic heterocycles. The second-order valence-electron chi connectivity index (χ2n) is 4.12. The fourth-order valence-electron chi connectivity index (χ4n) is 1.19. The first kappa shape index (κ1) is 13.7. The van der Waals surface area contributed by atoms with E-state index in [-0.39, 0.29) is 18.9 Å². The zero-order chi connectivity index (χ0) is 13.1. The van der Waals surface area contributed by atoms with E-state index in [1.54, 1.807) is 20.8 Å². The van der Waals surface area contributed by atoms with Crippen LogP contribution in [0.25, 0.3) is 0 Å². The van der Waals surface area contributed by atoms with E-state index in [1.807, 2.05) is 0 Å². The predicted molar refractivity (Wildman–Crippen MR) is 62.7 cm³/mol. The molecule has 1 aromatic rings. The predicted octanol–water partition coefficient (Wildman–Crippen LogP) is 1.69. The van der Waals surface area contributed by atoms with Crippen LogP contribution in [0.15, 0.2) is 12.4 Å². The number of ether oxygens (including phenoxy) is 1. The summed E-state index contributed by atoms with van der Waals surface area (Å²) in [4.78, 5) is 23.6. The third-order valence-corrected chi connectivity index (χ3v) is 2.59. The zero-order valence-corrected chi connectivity index (χ0v) is 10.8. The molecule has 5 nitrogen and oxygen atoms in total. The highest BCUT2D eigenvalue weighted by Gasteiger charge is 2.37. The summed E-state index contributed by atoms with van der Waals surface area (Å²) in [7, 11) is 0. The molecule has 0 spiro atoms. The Labute approximate surface area is 105 Å². The van der Waals surface area contributed by atoms with E-state index in [4.69, 9.17) is 16.3 Å². The minimum Gasteiger partial charge on any atom is -0.465 e. The number of hydrogen-bond donors (Lipinski definition) is 0. The van der Waals surface area contributed by atoms with Gasteiger partial charge in [0.25, 0.3) is 0 Å². The Morgan fingerprint density at radius 2 is 2.18 bits per heavy atom. The summed E-state index contributed by atoms with van der Waals surface area (Å²) in [6.07, 6.45) is 2.97. The van der Waals surface area contributed by atoms with Gasteiger partial charge in [0.05, 0.1) is 17.8 Å². The number of aromatic nitrogens is 2. The Bertz CT molecular complexity index is 426. The molecule has 0 atom stereocenters. The van der Waals surface area contributed by atoms with Gasteiger partial charge in [-0.25, -0.2) is 0 Å². The maximum absolute atomic E-state index is 12.0. The van der Waals surface area contributed by atoms with Crippen molar-refractivity contribution in [3.8, 4) is 0 Å². The topological polar surface area (TPSA) is 61.2 Å². The standard InChI is InChI=1S/C11H15ClN2O3/c1-4-17-10(16)11(2,3)9(15)7-14-6-8(12)5-13-14/h5-6H,4,7H2,1-3H3. The number of Topliss-reactive ketones (excluding diaryl/α,β-unsaturated/α-hetero) is 1. The molecule has 0 aromatic carbocycles. The van der Waals surface area contributed by atoms with E-state index in [0.717, 1.165) is 0 Å². The number of esters is 1. The maximum atomic E-state index is 12.0. The highest BCUT2D eigenvalue weighted by Crippen LogP contribution is 2.20. The minimum absolute atomic E-state index is 0.00145. The highest BCUT2D eigenvalue weighted by molar-refractivity contribution is 6.30. The number of hydrogen-bond acceptors (Lipinski definition) is 4. The molecule has 6 heteroatoms. The van der Waals surface area contributed by atoms with Crippen molar-refractivity contribution < 1.29 is 14.3 Å². The molecule has 0 bridgehead atoms. The minimum atomic E-state index is -1.17. The SMILES string of the molecule is CCOC(=O)C(C)(C)C(=O)Cn1cc(Cl)cn1. The monoisotopic (exact) mass is 258 g/mol. The summed E-state index contributed by atoms with van der Waals surface area (Å²) in [5.41, 5.74) is -1.17. The molecule has 0 radical (unpaired) electrons. The normalized spacial score (nSPS) is 11.3. The molecule has 0 unspecified atom stereocenters. The Morgan fingerprint density at radius 1 is 1.53 bits per heavy atom. The van der Waals surface area contributed by atoms with E-state index in [0.29, 0.717) is 5.02 Å². The van der Waals surface area contributed by atoms with Crippen molar-refractivity contribution in [1.29, 1.82) is 0 Å². The van der Waals surface area contributed by atoms with Gasteiger partial charge in [-0.2, -0.15) is 5.10 Å². The van der Waals surface area contributed by atoms with E-state index in [2.05, 4.69) is 5.10 Å². The smallest absolute Gasteiger partial charge is 0.319 e. The summed E-state index contributed by atoms with van der Waals surface area (Å²) in [5.74, 6) is -0.793. The van der Waals surface area contributed by atoms with Crippen LogP contribution in [0.1, 0.15) is 20.8 Å². The van der Waals surface area contributed by atoms with E-state index in [1.165, 1.54) is 17.1 Å². The van der Waals surface area contributed by atoms with Crippen LogP contribution in [-0.2, 0) is 20.9 Å². The molecule has 0 aliphatic carbocycles. The van der Waals surface area contributed by atoms with Crippen LogP contribution in [0.5, 0.6) is 0 Å². The molecule has 0 saturated heterocycles. The van der Waals surface area contributed by atoms with Crippen LogP contribution in [0.2, 0.25) is 5.02 Å². The first-order chi connectivity index (χ1) is 7.87. The molecule has 1 heterocycles. The Morgan fingerprint density at radius 3 is 2.65 bits per heavy atom. The van der Waals surface area contributed by atoms with Gasteiger partial charge >= 0.3 is 5.97 Å². The molecule has 0 amide bonds. The lowest BCUT2D eigenvalue weighted by Crippen LogP contribution is -2.37. The van der Waals surface area contributed by atoms with Gasteiger partial charge in [0.2, 0.25) is 0 Å². The number of carbonyl (C=O) groups is 2. The van der Waals surface area contributed by atoms with Crippen LogP contribution in [-0.4, -0.2) is 28.1 Å². The third kappa shape index (κ3) is 3.30. The summed E-state index contributed by atoms with van der Waals surface area (Å²) in [6.45, 7) is 5.03. The van der Waals surface area contributed by atoms with Crippen LogP contribution in [0.4, 0.5) is 0 Å². The van der Waals surface area contributed by atoms with Crippen molar-refractivity contribution in [3.05, 3.63) is 17.4 Å². The highest BCUT2D eigenvalue weighted by atomic mass is 35.5. The first-order valence-corrected chi connectivity index (χ1v) is 5.64. The molecular weight excluding hydrogens is 244 g/mol. The van der Waals surface area contributed by atoms with Gasteiger partial charge in [0.15, 0.2) is 5.78 Å². The third-order valence-electron chi connectivity index (χ3n) is 2.39. The van der Waals surface area contributed by atoms with Crippen LogP contribution >= 0.6 is 11.6 Å². The van der Waals surface area contributed by atoms with Crippen molar-refractivity contribution in [2.24, 2.45) is 5.41 Å². The van der Waals surface area contributed by atoms with E-state index >= 15 is 0 Å². The molecule has 0 fully saturated rings. The summed E-state index contributed by atoms with van der Waals surface area (Å²) >= 11 is 5.68. The van der Waals surface area contributed by atoms with Crippen LogP contribution in [0.3, 0.4) is 0 Å². The van der Waals surface area contributed by atoms with Gasteiger partial charge in [0, 0.05) is 6.20 Å². The van der Waals surface area contributed by atoms with Gasteiger partial charge in [-0.1, -0.05) is 11.6 Å². The molecule has 0 N–H and O–H groups in total. The lowest BCUT2D eigenvalue weighted by Gasteiger charge is -2.20. The number of halogens is 1. The number of nitrogens with zero attached hydrogens (tertiary/aromatic N) is 2. The van der Waals surface area contributed by atoms with E-state index < -0.39 is 11.4 Å². The Hall–Kier alpha value is -1.36. The van der Waals surface area contributed by atoms with Gasteiger partial charge in [0.1, 0.15) is 12.0 Å². The number of ketones is 1. The fourth-order valence-corrected chi connectivity index (χ4v) is 1.35. The largest absolute Gasteiger partial charge is 0.465 e. The van der Waals surface area contributed by atoms with Crippen molar-refractivity contribution in [2.45, 2.75) is 27.3 Å². The second-order valence-corrected chi connectivity index (χ2v) is 4.56. The van der Waals surface area contributed by atoms with E-state index in [9.17, 15) is 9.59 Å². The van der Waals surface area contributed by atoms with Gasteiger partial charge in [-0.15, -0.1) is 0 Å². The lowest BCUT2D eigenvalue weighted by atomic mass is 9.88. The van der Waals surface area contributed by atoms with Gasteiger partial charge in [-0.3, -0.25) is 14.3 Å². The fraction of sp³-hybridized carbons (Fsp3) is 0.545. The van der Waals surface area contributed by atoms with Crippen molar-refractivity contribution in [1.82, 2.24) is 9.78 Å². The maximum Gasteiger partial charge on any atom is 0.319 e. The number of carbonyl (C=O) groups excluding carboxylic acids is 2. The van der Waals surface area contributed by atoms with Crippen molar-refractivity contribution in [3.63, 3.8) is 0 Å². The number of rotatable bonds is 5. The first-order valence-electron chi connectivity index (χ1n) is 5.26. The van der Waals surface area contributed by atoms with Crippen molar-refractivity contribution >= 4 is 23.4 Å². The summed E-state index contributed by atoms with van der Waals surface area (Å²) in [6, 6.07) is 0. The zero-order valence-electron chi connectivity index (χ0n) is 10.1. The van der Waals surface area contributed by atoms with Gasteiger partial charge in [-0.05, 0) is 20.8 Å². The quantitative estimate of drug-likeness (QED) is 0.596. The summed E-state index contributed by atoms with van der Waals surface area (Å²) in [5, 5.41) is 4.34. The van der Waals surface area contributed by atoms with Crippen molar-refractivity contribution in [2.75, 3.05) is 6.61 Å². The van der Waals surface area contributed by atoms with Gasteiger partial charge < -0.3 is 4.74 Å².